The molecule has 0 aromatic heterocycles. The zero-order valence-electron chi connectivity index (χ0n) is 9.67. The molecular weight excluding hydrogens is 238 g/mol. The first-order valence-corrected chi connectivity index (χ1v) is 6.31. The molecule has 1 fully saturated rings. The molecule has 1 aromatic carbocycles. The van der Waals surface area contributed by atoms with E-state index in [-0.39, 0.29) is 5.91 Å². The molecule has 2 aliphatic heterocycles. The van der Waals surface area contributed by atoms with Gasteiger partial charge in [-0.15, -0.1) is 0 Å². The van der Waals surface area contributed by atoms with Gasteiger partial charge in [0, 0.05) is 18.0 Å². The fourth-order valence-electron chi connectivity index (χ4n) is 1.89. The summed E-state index contributed by atoms with van der Waals surface area (Å²) in [6, 6.07) is 5.79. The zero-order valence-corrected chi connectivity index (χ0v) is 10.4. The third-order valence-electron chi connectivity index (χ3n) is 2.77. The minimum atomic E-state index is 0.204. The molecule has 92 valence electrons. The van der Waals surface area contributed by atoms with Gasteiger partial charge in [-0.05, 0) is 43.0 Å². The van der Waals surface area contributed by atoms with Crippen LogP contribution in [0.1, 0.15) is 24.8 Å². The Balaban J connectivity index is 0.000000153. The third kappa shape index (κ3) is 3.63. The summed E-state index contributed by atoms with van der Waals surface area (Å²) >= 11 is 5.82. The molecule has 0 saturated carbocycles. The first kappa shape index (κ1) is 12.2. The molecule has 3 nitrogen and oxygen atoms in total. The predicted octanol–water partition coefficient (Wildman–Crippen LogP) is 2.56. The van der Waals surface area contributed by atoms with Crippen molar-refractivity contribution in [3.63, 3.8) is 0 Å². The second-order valence-corrected chi connectivity index (χ2v) is 4.59. The lowest BCUT2D eigenvalue weighted by Gasteiger charge is -2.16. The van der Waals surface area contributed by atoms with E-state index in [0.717, 1.165) is 49.6 Å². The van der Waals surface area contributed by atoms with Crippen LogP contribution in [0.2, 0.25) is 5.02 Å². The third-order valence-corrected chi connectivity index (χ3v) is 3.01. The molecule has 0 unspecified atom stereocenters. The molecule has 3 rings (SSSR count). The van der Waals surface area contributed by atoms with E-state index in [1.54, 1.807) is 0 Å². The molecule has 2 heterocycles. The molecule has 1 saturated heterocycles. The van der Waals surface area contributed by atoms with Crippen LogP contribution in [0.4, 0.5) is 0 Å². The quantitative estimate of drug-likeness (QED) is 0.772. The average Bonchev–Trinajstić information content (AvgIpc) is 2.81. The standard InChI is InChI=1S/C9H9ClO.C4H7NO/c10-8-3-4-9-7(6-8)2-1-5-11-9;6-4-2-1-3-5-4/h3-4,6H,1-2,5H2;1-3H2,(H,5,6). The van der Waals surface area contributed by atoms with Crippen molar-refractivity contribution in [1.82, 2.24) is 5.32 Å². The number of aryl methyl sites for hydroxylation is 1. The summed E-state index contributed by atoms with van der Waals surface area (Å²) in [6.45, 7) is 1.73. The lowest BCUT2D eigenvalue weighted by Crippen LogP contribution is -2.12. The topological polar surface area (TPSA) is 38.3 Å². The number of carbonyl (C=O) groups is 1. The van der Waals surface area contributed by atoms with Crippen LogP contribution in [-0.2, 0) is 11.2 Å². The molecule has 1 aromatic rings. The SMILES string of the molecule is Clc1ccc2c(c1)CCCO2.O=C1CCCN1. The fraction of sp³-hybridized carbons (Fsp3) is 0.462. The molecule has 4 heteroatoms. The van der Waals surface area contributed by atoms with Crippen LogP contribution in [0, 0.1) is 0 Å². The second kappa shape index (κ2) is 5.92. The van der Waals surface area contributed by atoms with E-state index in [9.17, 15) is 4.79 Å². The van der Waals surface area contributed by atoms with Crippen molar-refractivity contribution >= 4 is 17.5 Å². The molecule has 1 amide bonds. The lowest BCUT2D eigenvalue weighted by atomic mass is 10.1. The van der Waals surface area contributed by atoms with E-state index in [1.165, 1.54) is 5.56 Å². The van der Waals surface area contributed by atoms with Gasteiger partial charge in [0.2, 0.25) is 5.91 Å². The van der Waals surface area contributed by atoms with Crippen LogP contribution in [0.5, 0.6) is 5.75 Å². The highest BCUT2D eigenvalue weighted by atomic mass is 35.5. The van der Waals surface area contributed by atoms with Crippen LogP contribution >= 0.6 is 11.6 Å². The number of ether oxygens (including phenoxy) is 1. The van der Waals surface area contributed by atoms with Crippen LogP contribution in [0.3, 0.4) is 0 Å². The van der Waals surface area contributed by atoms with Crippen molar-refractivity contribution in [1.29, 1.82) is 0 Å². The average molecular weight is 254 g/mol. The van der Waals surface area contributed by atoms with Gasteiger partial charge >= 0.3 is 0 Å². The van der Waals surface area contributed by atoms with Gasteiger partial charge in [-0.25, -0.2) is 0 Å². The zero-order chi connectivity index (χ0) is 12.1. The summed E-state index contributed by atoms with van der Waals surface area (Å²) < 4.78 is 5.42. The highest BCUT2D eigenvalue weighted by Gasteiger charge is 2.09. The summed E-state index contributed by atoms with van der Waals surface area (Å²) in [4.78, 5) is 10.1. The summed E-state index contributed by atoms with van der Waals surface area (Å²) in [5, 5.41) is 3.48. The minimum Gasteiger partial charge on any atom is -0.493 e. The van der Waals surface area contributed by atoms with E-state index >= 15 is 0 Å². The van der Waals surface area contributed by atoms with E-state index in [4.69, 9.17) is 16.3 Å². The van der Waals surface area contributed by atoms with Gasteiger partial charge in [-0.3, -0.25) is 4.79 Å². The van der Waals surface area contributed by atoms with E-state index < -0.39 is 0 Å². The van der Waals surface area contributed by atoms with Gasteiger partial charge in [-0.2, -0.15) is 0 Å². The Hall–Kier alpha value is -1.22. The monoisotopic (exact) mass is 253 g/mol. The summed E-state index contributed by atoms with van der Waals surface area (Å²) in [7, 11) is 0. The summed E-state index contributed by atoms with van der Waals surface area (Å²) in [5.74, 6) is 1.20. The Morgan fingerprint density at radius 1 is 1.24 bits per heavy atom. The number of rotatable bonds is 0. The van der Waals surface area contributed by atoms with Crippen LogP contribution in [0.25, 0.3) is 0 Å². The predicted molar refractivity (Wildman–Crippen MR) is 67.5 cm³/mol. The number of hydrogen-bond acceptors (Lipinski definition) is 2. The highest BCUT2D eigenvalue weighted by Crippen LogP contribution is 2.26. The summed E-state index contributed by atoms with van der Waals surface area (Å²) in [5.41, 5.74) is 1.24. The normalized spacial score (nSPS) is 17.4. The number of halogens is 1. The molecular formula is C13H16ClNO2. The molecule has 0 atom stereocenters. The molecule has 0 bridgehead atoms. The Morgan fingerprint density at radius 2 is 2.12 bits per heavy atom. The van der Waals surface area contributed by atoms with Crippen molar-refractivity contribution in [2.45, 2.75) is 25.7 Å². The van der Waals surface area contributed by atoms with Crippen molar-refractivity contribution in [3.8, 4) is 5.75 Å². The molecule has 1 N–H and O–H groups in total. The van der Waals surface area contributed by atoms with Crippen molar-refractivity contribution in [2.75, 3.05) is 13.2 Å². The smallest absolute Gasteiger partial charge is 0.220 e. The number of amides is 1. The maximum absolute atomic E-state index is 10.1. The lowest BCUT2D eigenvalue weighted by molar-refractivity contribution is -0.119. The number of hydrogen-bond donors (Lipinski definition) is 1. The van der Waals surface area contributed by atoms with Crippen LogP contribution < -0.4 is 10.1 Å². The highest BCUT2D eigenvalue weighted by molar-refractivity contribution is 6.30. The number of nitrogens with one attached hydrogen (secondary N) is 1. The van der Waals surface area contributed by atoms with Crippen molar-refractivity contribution < 1.29 is 9.53 Å². The van der Waals surface area contributed by atoms with Crippen molar-refractivity contribution in [2.24, 2.45) is 0 Å². The second-order valence-electron chi connectivity index (χ2n) is 4.16. The Labute approximate surface area is 106 Å². The summed E-state index contributed by atoms with van der Waals surface area (Å²) in [6.07, 6.45) is 3.96. The van der Waals surface area contributed by atoms with E-state index in [0.29, 0.717) is 0 Å². The van der Waals surface area contributed by atoms with Crippen molar-refractivity contribution in [3.05, 3.63) is 28.8 Å². The van der Waals surface area contributed by atoms with Gasteiger partial charge in [0.05, 0.1) is 6.61 Å². The number of carbonyl (C=O) groups excluding carboxylic acids is 1. The van der Waals surface area contributed by atoms with E-state index in [1.807, 2.05) is 18.2 Å². The number of benzene rings is 1. The van der Waals surface area contributed by atoms with Crippen LogP contribution in [-0.4, -0.2) is 19.1 Å². The molecule has 0 radical (unpaired) electrons. The maximum atomic E-state index is 10.1. The largest absolute Gasteiger partial charge is 0.493 e. The Morgan fingerprint density at radius 3 is 2.76 bits per heavy atom. The number of fused-ring (bicyclic) bond motifs is 1. The van der Waals surface area contributed by atoms with Gasteiger partial charge < -0.3 is 10.1 Å². The van der Waals surface area contributed by atoms with E-state index in [2.05, 4.69) is 5.32 Å². The first-order chi connectivity index (χ1) is 8.25. The maximum Gasteiger partial charge on any atom is 0.220 e. The fourth-order valence-corrected chi connectivity index (χ4v) is 2.09. The Kier molecular flexibility index (Phi) is 4.26. The van der Waals surface area contributed by atoms with Gasteiger partial charge in [0.25, 0.3) is 0 Å². The molecule has 17 heavy (non-hydrogen) atoms. The molecule has 0 aliphatic carbocycles. The first-order valence-electron chi connectivity index (χ1n) is 5.93. The molecule has 2 aliphatic rings. The molecule has 0 spiro atoms. The minimum absolute atomic E-state index is 0.204. The Bertz CT molecular complexity index is 398. The van der Waals surface area contributed by atoms with Gasteiger partial charge in [-0.1, -0.05) is 11.6 Å². The van der Waals surface area contributed by atoms with Gasteiger partial charge in [0.1, 0.15) is 5.75 Å². The van der Waals surface area contributed by atoms with Gasteiger partial charge in [0.15, 0.2) is 0 Å². The van der Waals surface area contributed by atoms with Crippen LogP contribution in [0.15, 0.2) is 18.2 Å².